The summed E-state index contributed by atoms with van der Waals surface area (Å²) >= 11 is 0. The Morgan fingerprint density at radius 3 is 2.13 bits per heavy atom. The van der Waals surface area contributed by atoms with Crippen LogP contribution in [0.3, 0.4) is 0 Å². The number of nitrogens with zero attached hydrogens (tertiary/aromatic N) is 2. The lowest BCUT2D eigenvalue weighted by molar-refractivity contribution is 0.0407. The van der Waals surface area contributed by atoms with E-state index in [1.54, 1.807) is 26.4 Å². The molecule has 1 fully saturated rings. The van der Waals surface area contributed by atoms with Crippen LogP contribution in [0.5, 0.6) is 11.5 Å². The molecule has 0 saturated carbocycles. The van der Waals surface area contributed by atoms with Crippen molar-refractivity contribution in [1.82, 2.24) is 4.90 Å². The van der Waals surface area contributed by atoms with Gasteiger partial charge in [-0.1, -0.05) is 63.6 Å². The standard InChI is InChI=1S/C33H47FN2O3/c1-4-5-7-11-30(36-21-19-26(20-22-36)33(37)25-13-16-29(34)17-14-25)12-9-6-8-10-28(24-35)27-15-18-31(38-2)32(23-27)39-3/h13-18,23,26,28,30,33,37H,4-12,19-22H2,1-3H3. The van der Waals surface area contributed by atoms with E-state index in [2.05, 4.69) is 17.9 Å². The van der Waals surface area contributed by atoms with Crippen molar-refractivity contribution in [3.05, 3.63) is 59.4 Å². The van der Waals surface area contributed by atoms with Gasteiger partial charge in [0.15, 0.2) is 11.5 Å². The maximum Gasteiger partial charge on any atom is 0.161 e. The van der Waals surface area contributed by atoms with Gasteiger partial charge in [-0.15, -0.1) is 0 Å². The fourth-order valence-corrected chi connectivity index (χ4v) is 5.95. The van der Waals surface area contributed by atoms with Gasteiger partial charge in [0.05, 0.1) is 32.3 Å². The summed E-state index contributed by atoms with van der Waals surface area (Å²) in [5.41, 5.74) is 1.80. The third-order valence-corrected chi connectivity index (χ3v) is 8.39. The predicted octanol–water partition coefficient (Wildman–Crippen LogP) is 7.80. The van der Waals surface area contributed by atoms with Crippen LogP contribution in [0.4, 0.5) is 4.39 Å². The summed E-state index contributed by atoms with van der Waals surface area (Å²) in [5.74, 6) is 1.17. The number of likely N-dealkylation sites (tertiary alicyclic amines) is 1. The van der Waals surface area contributed by atoms with Crippen molar-refractivity contribution in [2.45, 2.75) is 95.6 Å². The third kappa shape index (κ3) is 9.22. The van der Waals surface area contributed by atoms with Crippen molar-refractivity contribution in [2.75, 3.05) is 27.3 Å². The van der Waals surface area contributed by atoms with Crippen molar-refractivity contribution in [3.63, 3.8) is 0 Å². The van der Waals surface area contributed by atoms with Crippen LogP contribution in [-0.4, -0.2) is 43.4 Å². The zero-order chi connectivity index (χ0) is 28.0. The Bertz CT molecular complexity index is 1010. The van der Waals surface area contributed by atoms with Crippen LogP contribution < -0.4 is 9.47 Å². The van der Waals surface area contributed by atoms with E-state index in [4.69, 9.17) is 9.47 Å². The molecular weight excluding hydrogens is 491 g/mol. The average Bonchev–Trinajstić information content (AvgIpc) is 2.98. The first-order valence-corrected chi connectivity index (χ1v) is 14.8. The van der Waals surface area contributed by atoms with Gasteiger partial charge in [0, 0.05) is 6.04 Å². The smallest absolute Gasteiger partial charge is 0.161 e. The molecule has 2 aromatic rings. The Labute approximate surface area is 234 Å². The van der Waals surface area contributed by atoms with E-state index >= 15 is 0 Å². The van der Waals surface area contributed by atoms with Crippen molar-refractivity contribution >= 4 is 0 Å². The molecule has 0 amide bonds. The van der Waals surface area contributed by atoms with Gasteiger partial charge in [-0.2, -0.15) is 5.26 Å². The number of rotatable bonds is 16. The molecule has 1 aliphatic rings. The Morgan fingerprint density at radius 2 is 1.51 bits per heavy atom. The van der Waals surface area contributed by atoms with Crippen LogP contribution in [0.1, 0.15) is 101 Å². The summed E-state index contributed by atoms with van der Waals surface area (Å²) in [5, 5.41) is 20.6. The van der Waals surface area contributed by atoms with Gasteiger partial charge in [0.25, 0.3) is 0 Å². The zero-order valence-electron chi connectivity index (χ0n) is 24.1. The van der Waals surface area contributed by atoms with Gasteiger partial charge in [-0.05, 0) is 86.5 Å². The van der Waals surface area contributed by atoms with E-state index in [-0.39, 0.29) is 17.7 Å². The second-order valence-corrected chi connectivity index (χ2v) is 11.0. The van der Waals surface area contributed by atoms with Gasteiger partial charge in [0.1, 0.15) is 5.82 Å². The van der Waals surface area contributed by atoms with Crippen LogP contribution in [0.25, 0.3) is 0 Å². The molecule has 6 heteroatoms. The number of hydrogen-bond acceptors (Lipinski definition) is 5. The summed E-state index contributed by atoms with van der Waals surface area (Å²) < 4.78 is 24.0. The Balaban J connectivity index is 1.47. The molecule has 5 nitrogen and oxygen atoms in total. The largest absolute Gasteiger partial charge is 0.493 e. The van der Waals surface area contributed by atoms with Gasteiger partial charge in [-0.25, -0.2) is 4.39 Å². The molecule has 0 aliphatic carbocycles. The number of hydrogen-bond donors (Lipinski definition) is 1. The highest BCUT2D eigenvalue weighted by Gasteiger charge is 2.29. The molecule has 3 unspecified atom stereocenters. The van der Waals surface area contributed by atoms with E-state index in [0.717, 1.165) is 56.3 Å². The number of ether oxygens (including phenoxy) is 2. The number of methoxy groups -OCH3 is 2. The summed E-state index contributed by atoms with van der Waals surface area (Å²) in [6, 6.07) is 15.1. The van der Waals surface area contributed by atoms with E-state index in [0.29, 0.717) is 17.5 Å². The fraction of sp³-hybridized carbons (Fsp3) is 0.606. The molecule has 2 aromatic carbocycles. The van der Waals surface area contributed by atoms with Crippen molar-refractivity contribution in [2.24, 2.45) is 5.92 Å². The molecule has 0 bridgehead atoms. The van der Waals surface area contributed by atoms with E-state index in [9.17, 15) is 14.8 Å². The maximum absolute atomic E-state index is 13.3. The normalized spacial score (nSPS) is 16.8. The van der Waals surface area contributed by atoms with Gasteiger partial charge in [0.2, 0.25) is 0 Å². The third-order valence-electron chi connectivity index (χ3n) is 8.39. The van der Waals surface area contributed by atoms with E-state index in [1.165, 1.54) is 50.7 Å². The van der Waals surface area contributed by atoms with Crippen LogP contribution >= 0.6 is 0 Å². The molecule has 1 saturated heterocycles. The molecule has 214 valence electrons. The lowest BCUT2D eigenvalue weighted by atomic mass is 9.86. The van der Waals surface area contributed by atoms with Crippen LogP contribution in [0, 0.1) is 23.1 Å². The van der Waals surface area contributed by atoms with Crippen molar-refractivity contribution < 1.29 is 19.0 Å². The van der Waals surface area contributed by atoms with E-state index in [1.807, 2.05) is 18.2 Å². The number of halogens is 1. The Kier molecular flexibility index (Phi) is 13.1. The molecular formula is C33H47FN2O3. The van der Waals surface area contributed by atoms with Crippen molar-refractivity contribution in [1.29, 1.82) is 5.26 Å². The summed E-state index contributed by atoms with van der Waals surface area (Å²) in [4.78, 5) is 2.64. The number of aliphatic hydroxyl groups excluding tert-OH is 1. The fourth-order valence-electron chi connectivity index (χ4n) is 5.95. The second-order valence-electron chi connectivity index (χ2n) is 11.0. The Hall–Kier alpha value is -2.62. The van der Waals surface area contributed by atoms with Gasteiger partial charge >= 0.3 is 0 Å². The number of unbranched alkanes of at least 4 members (excludes halogenated alkanes) is 4. The zero-order valence-corrected chi connectivity index (χ0v) is 24.1. The van der Waals surface area contributed by atoms with Crippen molar-refractivity contribution in [3.8, 4) is 17.6 Å². The molecule has 1 aliphatic heterocycles. The minimum absolute atomic E-state index is 0.142. The van der Waals surface area contributed by atoms with Crippen LogP contribution in [0.2, 0.25) is 0 Å². The lowest BCUT2D eigenvalue weighted by Gasteiger charge is -2.39. The summed E-state index contributed by atoms with van der Waals surface area (Å²) in [6.45, 7) is 4.27. The number of piperidine rings is 1. The first kappa shape index (κ1) is 30.9. The molecule has 1 N–H and O–H groups in total. The quantitative estimate of drug-likeness (QED) is 0.221. The molecule has 39 heavy (non-hydrogen) atoms. The molecule has 3 atom stereocenters. The lowest BCUT2D eigenvalue weighted by Crippen LogP contribution is -2.42. The summed E-state index contributed by atoms with van der Waals surface area (Å²) in [6.07, 6.45) is 11.7. The molecule has 0 spiro atoms. The summed E-state index contributed by atoms with van der Waals surface area (Å²) in [7, 11) is 3.24. The molecule has 1 heterocycles. The molecule has 0 aromatic heterocycles. The predicted molar refractivity (Wildman–Crippen MR) is 155 cm³/mol. The van der Waals surface area contributed by atoms with Crippen LogP contribution in [0.15, 0.2) is 42.5 Å². The topological polar surface area (TPSA) is 65.7 Å². The highest BCUT2D eigenvalue weighted by atomic mass is 19.1. The molecule has 0 radical (unpaired) electrons. The monoisotopic (exact) mass is 538 g/mol. The number of benzene rings is 2. The first-order chi connectivity index (χ1) is 19.0. The first-order valence-electron chi connectivity index (χ1n) is 14.8. The molecule has 3 rings (SSSR count). The Morgan fingerprint density at radius 1 is 0.897 bits per heavy atom. The average molecular weight is 539 g/mol. The number of nitriles is 1. The van der Waals surface area contributed by atoms with Gasteiger partial charge in [-0.3, -0.25) is 0 Å². The number of aliphatic hydroxyl groups is 1. The second kappa shape index (κ2) is 16.5. The highest BCUT2D eigenvalue weighted by Crippen LogP contribution is 2.34. The maximum atomic E-state index is 13.3. The van der Waals surface area contributed by atoms with E-state index < -0.39 is 6.10 Å². The minimum Gasteiger partial charge on any atom is -0.493 e. The van der Waals surface area contributed by atoms with Gasteiger partial charge < -0.3 is 19.5 Å². The van der Waals surface area contributed by atoms with Crippen LogP contribution in [-0.2, 0) is 0 Å². The SMILES string of the molecule is CCCCCC(CCCCCC(C#N)c1ccc(OC)c(OC)c1)N1CCC(C(O)c2ccc(F)cc2)CC1. The highest BCUT2D eigenvalue weighted by molar-refractivity contribution is 5.44. The minimum atomic E-state index is -0.523.